The van der Waals surface area contributed by atoms with E-state index >= 15 is 0 Å². The maximum Gasteiger partial charge on any atom is 0.209 e. The zero-order chi connectivity index (χ0) is 9.07. The topological polar surface area (TPSA) is 63.4 Å². The Morgan fingerprint density at radius 1 is 1.64 bits per heavy atom. The van der Waals surface area contributed by atoms with E-state index in [1.54, 1.807) is 20.8 Å². The molecule has 4 heteroatoms. The molecular formula is C7H15NO3. The van der Waals surface area contributed by atoms with Gasteiger partial charge in [0, 0.05) is 10.3 Å². The maximum absolute atomic E-state index is 10.1. The third-order valence-electron chi connectivity index (χ3n) is 1.41. The van der Waals surface area contributed by atoms with Crippen LogP contribution in [0.25, 0.3) is 0 Å². The van der Waals surface area contributed by atoms with Crippen LogP contribution in [0.4, 0.5) is 0 Å². The highest BCUT2D eigenvalue weighted by molar-refractivity contribution is 4.69. The predicted octanol–water partition coefficient (Wildman–Crippen LogP) is 1.06. The zero-order valence-corrected chi connectivity index (χ0v) is 7.20. The van der Waals surface area contributed by atoms with Gasteiger partial charge in [0.2, 0.25) is 6.54 Å². The van der Waals surface area contributed by atoms with Gasteiger partial charge in [-0.2, -0.15) is 0 Å². The summed E-state index contributed by atoms with van der Waals surface area (Å²) in [5.41, 5.74) is -0.405. The van der Waals surface area contributed by atoms with Crippen molar-refractivity contribution in [2.45, 2.75) is 33.3 Å². The van der Waals surface area contributed by atoms with E-state index in [1.165, 1.54) is 0 Å². The van der Waals surface area contributed by atoms with Gasteiger partial charge in [0.25, 0.3) is 0 Å². The summed E-state index contributed by atoms with van der Waals surface area (Å²) in [7, 11) is 0. The Morgan fingerprint density at radius 2 is 2.09 bits per heavy atom. The second-order valence-corrected chi connectivity index (χ2v) is 3.71. The molecule has 0 heterocycles. The first-order valence-electron chi connectivity index (χ1n) is 3.63. The third-order valence-corrected chi connectivity index (χ3v) is 1.41. The van der Waals surface area contributed by atoms with Crippen LogP contribution in [-0.4, -0.2) is 22.7 Å². The van der Waals surface area contributed by atoms with Crippen molar-refractivity contribution in [3.05, 3.63) is 10.1 Å². The summed E-state index contributed by atoms with van der Waals surface area (Å²) in [6.07, 6.45) is -0.00139. The minimum Gasteiger partial charge on any atom is -0.393 e. The Bertz CT molecular complexity index is 143. The van der Waals surface area contributed by atoms with Crippen molar-refractivity contribution in [1.82, 2.24) is 0 Å². The summed E-state index contributed by atoms with van der Waals surface area (Å²) in [5.74, 6) is 0. The summed E-state index contributed by atoms with van der Waals surface area (Å²) in [6, 6.07) is 0. The molecule has 0 aromatic rings. The largest absolute Gasteiger partial charge is 0.393 e. The highest BCUT2D eigenvalue weighted by atomic mass is 16.6. The minimum atomic E-state index is -0.468. The van der Waals surface area contributed by atoms with Gasteiger partial charge in [-0.1, -0.05) is 13.8 Å². The molecule has 1 N–H and O–H groups in total. The molecule has 0 fully saturated rings. The Balaban J connectivity index is 3.89. The van der Waals surface area contributed by atoms with Crippen LogP contribution in [0.3, 0.4) is 0 Å². The summed E-state index contributed by atoms with van der Waals surface area (Å²) < 4.78 is 0. The zero-order valence-electron chi connectivity index (χ0n) is 7.20. The smallest absolute Gasteiger partial charge is 0.209 e. The van der Waals surface area contributed by atoms with Crippen LogP contribution >= 0.6 is 0 Å². The molecule has 0 amide bonds. The van der Waals surface area contributed by atoms with Gasteiger partial charge < -0.3 is 5.11 Å². The van der Waals surface area contributed by atoms with Gasteiger partial charge in [0.1, 0.15) is 0 Å². The standard InChI is InChI=1S/C7H15NO3/c1-6(9)4-7(2,3)5-8(10)11/h6,9H,4-5H2,1-3H3. The molecule has 0 aromatic carbocycles. The lowest BCUT2D eigenvalue weighted by Gasteiger charge is -2.20. The fraction of sp³-hybridized carbons (Fsp3) is 1.00. The van der Waals surface area contributed by atoms with Crippen molar-refractivity contribution in [2.75, 3.05) is 6.54 Å². The molecule has 0 rings (SSSR count). The van der Waals surface area contributed by atoms with Crippen molar-refractivity contribution >= 4 is 0 Å². The van der Waals surface area contributed by atoms with Crippen LogP contribution in [0.1, 0.15) is 27.2 Å². The van der Waals surface area contributed by atoms with Crippen molar-refractivity contribution in [3.8, 4) is 0 Å². The van der Waals surface area contributed by atoms with Crippen LogP contribution in [0, 0.1) is 15.5 Å². The van der Waals surface area contributed by atoms with E-state index in [2.05, 4.69) is 0 Å². The molecule has 0 bridgehead atoms. The Morgan fingerprint density at radius 3 is 2.36 bits per heavy atom. The maximum atomic E-state index is 10.1. The molecule has 0 aliphatic carbocycles. The van der Waals surface area contributed by atoms with E-state index in [-0.39, 0.29) is 11.5 Å². The van der Waals surface area contributed by atoms with E-state index in [4.69, 9.17) is 5.11 Å². The van der Waals surface area contributed by atoms with Gasteiger partial charge in [-0.25, -0.2) is 0 Å². The quantitative estimate of drug-likeness (QED) is 0.495. The summed E-state index contributed by atoms with van der Waals surface area (Å²) in [4.78, 5) is 9.78. The number of nitrogens with zero attached hydrogens (tertiary/aromatic N) is 1. The molecule has 66 valence electrons. The summed E-state index contributed by atoms with van der Waals surface area (Å²) >= 11 is 0. The summed E-state index contributed by atoms with van der Waals surface area (Å²) in [6.45, 7) is 5.12. The first-order valence-corrected chi connectivity index (χ1v) is 3.63. The lowest BCUT2D eigenvalue weighted by atomic mass is 9.87. The van der Waals surface area contributed by atoms with Crippen LogP contribution < -0.4 is 0 Å². The second-order valence-electron chi connectivity index (χ2n) is 3.71. The predicted molar refractivity (Wildman–Crippen MR) is 41.9 cm³/mol. The monoisotopic (exact) mass is 161 g/mol. The third kappa shape index (κ3) is 5.79. The number of aliphatic hydroxyl groups excluding tert-OH is 1. The van der Waals surface area contributed by atoms with Crippen LogP contribution in [0.15, 0.2) is 0 Å². The van der Waals surface area contributed by atoms with Gasteiger partial charge in [0.05, 0.1) is 6.10 Å². The van der Waals surface area contributed by atoms with E-state index in [0.29, 0.717) is 6.42 Å². The van der Waals surface area contributed by atoms with E-state index < -0.39 is 11.5 Å². The van der Waals surface area contributed by atoms with E-state index in [9.17, 15) is 10.1 Å². The average Bonchev–Trinajstić information content (AvgIpc) is 1.53. The Labute approximate surface area is 66.4 Å². The van der Waals surface area contributed by atoms with E-state index in [0.717, 1.165) is 0 Å². The minimum absolute atomic E-state index is 0.0854. The number of hydrogen-bond acceptors (Lipinski definition) is 3. The average molecular weight is 161 g/mol. The number of hydrogen-bond donors (Lipinski definition) is 1. The Hall–Kier alpha value is -0.640. The molecule has 0 aliphatic rings. The Kier molecular flexibility index (Phi) is 3.45. The van der Waals surface area contributed by atoms with Crippen LogP contribution in [-0.2, 0) is 0 Å². The van der Waals surface area contributed by atoms with E-state index in [1.807, 2.05) is 0 Å². The molecule has 0 saturated heterocycles. The van der Waals surface area contributed by atoms with Crippen molar-refractivity contribution in [2.24, 2.45) is 5.41 Å². The molecule has 0 aliphatic heterocycles. The molecule has 0 aromatic heterocycles. The summed E-state index contributed by atoms with van der Waals surface area (Å²) in [5, 5.41) is 19.1. The lowest BCUT2D eigenvalue weighted by molar-refractivity contribution is -0.496. The first-order chi connectivity index (χ1) is 4.83. The number of nitro groups is 1. The molecule has 1 unspecified atom stereocenters. The molecule has 0 saturated carbocycles. The van der Waals surface area contributed by atoms with Crippen molar-refractivity contribution in [3.63, 3.8) is 0 Å². The molecule has 11 heavy (non-hydrogen) atoms. The van der Waals surface area contributed by atoms with Gasteiger partial charge in [0.15, 0.2) is 0 Å². The van der Waals surface area contributed by atoms with Gasteiger partial charge in [-0.3, -0.25) is 10.1 Å². The highest BCUT2D eigenvalue weighted by Crippen LogP contribution is 2.21. The van der Waals surface area contributed by atoms with Crippen LogP contribution in [0.5, 0.6) is 0 Å². The number of rotatable bonds is 4. The normalized spacial score (nSPS) is 14.5. The fourth-order valence-electron chi connectivity index (χ4n) is 1.21. The molecule has 0 spiro atoms. The second kappa shape index (κ2) is 3.67. The molecule has 1 atom stereocenters. The molecular weight excluding hydrogens is 146 g/mol. The fourth-order valence-corrected chi connectivity index (χ4v) is 1.21. The van der Waals surface area contributed by atoms with Gasteiger partial charge >= 0.3 is 0 Å². The van der Waals surface area contributed by atoms with Gasteiger partial charge in [-0.05, 0) is 13.3 Å². The van der Waals surface area contributed by atoms with Crippen molar-refractivity contribution in [1.29, 1.82) is 0 Å². The number of aliphatic hydroxyl groups is 1. The molecule has 4 nitrogen and oxygen atoms in total. The lowest BCUT2D eigenvalue weighted by Crippen LogP contribution is -2.26. The van der Waals surface area contributed by atoms with Crippen LogP contribution in [0.2, 0.25) is 0 Å². The first kappa shape index (κ1) is 10.4. The van der Waals surface area contributed by atoms with Gasteiger partial charge in [-0.15, -0.1) is 0 Å². The SMILES string of the molecule is CC(O)CC(C)(C)C[N+](=O)[O-]. The molecule has 0 radical (unpaired) electrons. The highest BCUT2D eigenvalue weighted by Gasteiger charge is 2.25. The van der Waals surface area contributed by atoms with Crippen molar-refractivity contribution < 1.29 is 10.0 Å².